The summed E-state index contributed by atoms with van der Waals surface area (Å²) < 4.78 is 36.4. The van der Waals surface area contributed by atoms with Gasteiger partial charge in [0.1, 0.15) is 11.9 Å². The molecule has 0 fully saturated rings. The molecule has 3 atom stereocenters. The topological polar surface area (TPSA) is 117 Å². The Morgan fingerprint density at radius 1 is 1.09 bits per heavy atom. The van der Waals surface area contributed by atoms with Crippen molar-refractivity contribution in [3.05, 3.63) is 96.4 Å². The average Bonchev–Trinajstić information content (AvgIpc) is 3.47. The van der Waals surface area contributed by atoms with Gasteiger partial charge in [-0.3, -0.25) is 14.4 Å². The van der Waals surface area contributed by atoms with Crippen LogP contribution in [0.25, 0.3) is 11.1 Å². The highest BCUT2D eigenvalue weighted by Crippen LogP contribution is 2.31. The fraction of sp³-hybridized carbons (Fsp3) is 0.333. The van der Waals surface area contributed by atoms with E-state index in [1.165, 1.54) is 29.7 Å². The number of nitrogens with zero attached hydrogens (tertiary/aromatic N) is 4. The van der Waals surface area contributed by atoms with Crippen molar-refractivity contribution in [2.24, 2.45) is 13.0 Å². The maximum atomic E-state index is 13.8. The van der Waals surface area contributed by atoms with Crippen LogP contribution in [0.5, 0.6) is 5.75 Å². The monoisotopic (exact) mass is 617 g/mol. The molecule has 1 aliphatic rings. The molecule has 1 aliphatic heterocycles. The molecule has 44 heavy (non-hydrogen) atoms. The molecule has 0 saturated carbocycles. The first kappa shape index (κ1) is 31.2. The van der Waals surface area contributed by atoms with E-state index in [-0.39, 0.29) is 40.8 Å². The van der Waals surface area contributed by atoms with Crippen LogP contribution in [-0.4, -0.2) is 77.7 Å². The molecule has 3 aromatic carbocycles. The second-order valence-corrected chi connectivity index (χ2v) is 13.2. The van der Waals surface area contributed by atoms with Crippen LogP contribution in [0.2, 0.25) is 0 Å². The molecule has 11 heteroatoms. The summed E-state index contributed by atoms with van der Waals surface area (Å²) in [5.74, 6) is -0.0213. The first-order valence-electron chi connectivity index (χ1n) is 14.6. The lowest BCUT2D eigenvalue weighted by Gasteiger charge is -2.38. The van der Waals surface area contributed by atoms with Crippen molar-refractivity contribution in [3.63, 3.8) is 0 Å². The van der Waals surface area contributed by atoms with Crippen molar-refractivity contribution < 1.29 is 23.1 Å². The standard InChI is InChI=1S/C33H39N5O5S/c1-23-17-38(24(2)21-39)33(40)29-16-28(35-44(41,42)32-20-37(4)22-34-32)14-15-30(29)43-31(23)19-36(3)18-25-10-12-27(13-11-25)26-8-6-5-7-9-26/h5-16,20,22-24,31,35,39H,17-19,21H2,1-4H3/t23-,24-,31+/m1/s1. The zero-order chi connectivity index (χ0) is 31.4. The minimum atomic E-state index is -3.97. The molecule has 0 spiro atoms. The zero-order valence-corrected chi connectivity index (χ0v) is 26.2. The maximum absolute atomic E-state index is 13.8. The van der Waals surface area contributed by atoms with Crippen LogP contribution < -0.4 is 9.46 Å². The summed E-state index contributed by atoms with van der Waals surface area (Å²) in [7, 11) is -0.247. The molecule has 0 unspecified atom stereocenters. The zero-order valence-electron chi connectivity index (χ0n) is 25.4. The van der Waals surface area contributed by atoms with Crippen molar-refractivity contribution in [2.45, 2.75) is 37.6 Å². The summed E-state index contributed by atoms with van der Waals surface area (Å²) in [5, 5.41) is 9.84. The summed E-state index contributed by atoms with van der Waals surface area (Å²) in [5.41, 5.74) is 3.94. The fourth-order valence-electron chi connectivity index (χ4n) is 5.36. The second kappa shape index (κ2) is 13.2. The molecule has 0 aliphatic carbocycles. The van der Waals surface area contributed by atoms with E-state index in [1.54, 1.807) is 35.6 Å². The quantitative estimate of drug-likeness (QED) is 0.273. The van der Waals surface area contributed by atoms with Gasteiger partial charge in [0.25, 0.3) is 15.9 Å². The Labute approximate surface area is 259 Å². The molecule has 2 heterocycles. The van der Waals surface area contributed by atoms with Gasteiger partial charge in [-0.05, 0) is 48.9 Å². The molecule has 4 aromatic rings. The molecule has 0 bridgehead atoms. The number of hydrogen-bond donors (Lipinski definition) is 2. The van der Waals surface area contributed by atoms with E-state index in [0.29, 0.717) is 25.4 Å². The SMILES string of the molecule is C[C@@H]1CN([C@H](C)CO)C(=O)c2cc(NS(=O)(=O)c3cn(C)cn3)ccc2O[C@H]1CN(C)Cc1ccc(-c2ccccc2)cc1. The van der Waals surface area contributed by atoms with Crippen LogP contribution in [0.4, 0.5) is 5.69 Å². The lowest BCUT2D eigenvalue weighted by atomic mass is 9.99. The van der Waals surface area contributed by atoms with Gasteiger partial charge in [0.2, 0.25) is 0 Å². The number of aryl methyl sites for hydroxylation is 1. The van der Waals surface area contributed by atoms with Crippen molar-refractivity contribution in [1.82, 2.24) is 19.4 Å². The number of amides is 1. The average molecular weight is 618 g/mol. The Bertz CT molecular complexity index is 1690. The van der Waals surface area contributed by atoms with Gasteiger partial charge in [-0.2, -0.15) is 8.42 Å². The number of fused-ring (bicyclic) bond motifs is 1. The van der Waals surface area contributed by atoms with Gasteiger partial charge in [0, 0.05) is 44.5 Å². The highest BCUT2D eigenvalue weighted by molar-refractivity contribution is 7.92. The Morgan fingerprint density at radius 3 is 2.45 bits per heavy atom. The third kappa shape index (κ3) is 7.12. The Hall–Kier alpha value is -4.19. The van der Waals surface area contributed by atoms with E-state index in [2.05, 4.69) is 51.0 Å². The Kier molecular flexibility index (Phi) is 9.38. The van der Waals surface area contributed by atoms with Crippen LogP contribution in [0.15, 0.2) is 90.3 Å². The van der Waals surface area contributed by atoms with Gasteiger partial charge in [-0.25, -0.2) is 4.98 Å². The van der Waals surface area contributed by atoms with Crippen molar-refractivity contribution in [1.29, 1.82) is 0 Å². The number of aromatic nitrogens is 2. The third-order valence-corrected chi connectivity index (χ3v) is 9.14. The molecule has 1 amide bonds. The van der Waals surface area contributed by atoms with Gasteiger partial charge in [-0.1, -0.05) is 61.5 Å². The smallest absolute Gasteiger partial charge is 0.280 e. The number of nitrogens with one attached hydrogen (secondary N) is 1. The number of benzene rings is 3. The number of aliphatic hydroxyl groups is 1. The van der Waals surface area contributed by atoms with Gasteiger partial charge in [0.05, 0.1) is 24.5 Å². The van der Waals surface area contributed by atoms with Crippen LogP contribution in [0.1, 0.15) is 29.8 Å². The molecule has 1 aromatic heterocycles. The van der Waals surface area contributed by atoms with E-state index in [4.69, 9.17) is 4.74 Å². The number of ether oxygens (including phenoxy) is 1. The molecule has 2 N–H and O–H groups in total. The summed E-state index contributed by atoms with van der Waals surface area (Å²) in [6, 6.07) is 23.0. The summed E-state index contributed by atoms with van der Waals surface area (Å²) in [6.45, 7) is 5.29. The summed E-state index contributed by atoms with van der Waals surface area (Å²) >= 11 is 0. The Morgan fingerprint density at radius 2 is 1.80 bits per heavy atom. The maximum Gasteiger partial charge on any atom is 0.280 e. The van der Waals surface area contributed by atoms with Crippen molar-refractivity contribution >= 4 is 21.6 Å². The second-order valence-electron chi connectivity index (χ2n) is 11.6. The number of anilines is 1. The van der Waals surface area contributed by atoms with E-state index in [1.807, 2.05) is 32.2 Å². The predicted octanol–water partition coefficient (Wildman–Crippen LogP) is 4.24. The van der Waals surface area contributed by atoms with Crippen molar-refractivity contribution in [2.75, 3.05) is 31.5 Å². The van der Waals surface area contributed by atoms with E-state index in [0.717, 1.165) is 5.56 Å². The minimum absolute atomic E-state index is 0.0497. The van der Waals surface area contributed by atoms with Gasteiger partial charge in [-0.15, -0.1) is 0 Å². The van der Waals surface area contributed by atoms with Crippen molar-refractivity contribution in [3.8, 4) is 16.9 Å². The molecule has 232 valence electrons. The number of aliphatic hydroxyl groups excluding tert-OH is 1. The van der Waals surface area contributed by atoms with Crippen LogP contribution in [-0.2, 0) is 23.6 Å². The normalized spacial score (nSPS) is 17.9. The Balaban J connectivity index is 1.36. The van der Waals surface area contributed by atoms with E-state index in [9.17, 15) is 18.3 Å². The fourth-order valence-corrected chi connectivity index (χ4v) is 6.39. The number of sulfonamides is 1. The number of carbonyl (C=O) groups excluding carboxylic acids is 1. The van der Waals surface area contributed by atoms with Gasteiger partial charge in [0.15, 0.2) is 5.03 Å². The van der Waals surface area contributed by atoms with Gasteiger partial charge < -0.3 is 19.3 Å². The molecule has 5 rings (SSSR count). The summed E-state index contributed by atoms with van der Waals surface area (Å²) in [4.78, 5) is 21.5. The number of hydrogen-bond acceptors (Lipinski definition) is 7. The predicted molar refractivity (Wildman–Crippen MR) is 170 cm³/mol. The molecule has 10 nitrogen and oxygen atoms in total. The van der Waals surface area contributed by atoms with E-state index < -0.39 is 16.1 Å². The molecule has 0 saturated heterocycles. The molecule has 0 radical (unpaired) electrons. The highest BCUT2D eigenvalue weighted by atomic mass is 32.2. The van der Waals surface area contributed by atoms with Crippen LogP contribution in [0, 0.1) is 5.92 Å². The van der Waals surface area contributed by atoms with Gasteiger partial charge >= 0.3 is 0 Å². The van der Waals surface area contributed by atoms with Crippen LogP contribution >= 0.6 is 0 Å². The lowest BCUT2D eigenvalue weighted by Crippen LogP contribution is -2.49. The lowest BCUT2D eigenvalue weighted by molar-refractivity contribution is 0.0341. The third-order valence-electron chi connectivity index (χ3n) is 7.88. The first-order valence-corrected chi connectivity index (χ1v) is 16.1. The summed E-state index contributed by atoms with van der Waals surface area (Å²) in [6.07, 6.45) is 2.52. The largest absolute Gasteiger partial charge is 0.488 e. The number of imidazole rings is 1. The number of carbonyl (C=O) groups is 1. The number of likely N-dealkylation sites (N-methyl/N-ethyl adjacent to an activating group) is 1. The number of rotatable bonds is 10. The minimum Gasteiger partial charge on any atom is -0.488 e. The van der Waals surface area contributed by atoms with E-state index >= 15 is 0 Å². The van der Waals surface area contributed by atoms with Crippen LogP contribution in [0.3, 0.4) is 0 Å². The molecular weight excluding hydrogens is 578 g/mol. The molecular formula is C33H39N5O5S. The first-order chi connectivity index (χ1) is 21.0. The highest BCUT2D eigenvalue weighted by Gasteiger charge is 2.34.